The topological polar surface area (TPSA) is 94.8 Å². The molecule has 0 aliphatic heterocycles. The van der Waals surface area contributed by atoms with E-state index < -0.39 is 0 Å². The van der Waals surface area contributed by atoms with Crippen molar-refractivity contribution in [3.63, 3.8) is 0 Å². The van der Waals surface area contributed by atoms with E-state index in [0.717, 1.165) is 45.4 Å². The second-order valence-corrected chi connectivity index (χ2v) is 10.1. The Morgan fingerprint density at radius 2 is 2.00 bits per heavy atom. The highest BCUT2D eigenvalue weighted by Gasteiger charge is 2.24. The van der Waals surface area contributed by atoms with Crippen molar-refractivity contribution in [3.05, 3.63) is 42.7 Å². The molecule has 4 aromatic rings. The van der Waals surface area contributed by atoms with Crippen molar-refractivity contribution in [3.8, 4) is 17.1 Å². The lowest BCUT2D eigenvalue weighted by molar-refractivity contribution is -0.113. The Kier molecular flexibility index (Phi) is 7.05. The van der Waals surface area contributed by atoms with E-state index in [-0.39, 0.29) is 11.7 Å². The van der Waals surface area contributed by atoms with Crippen molar-refractivity contribution in [1.29, 1.82) is 0 Å². The molecule has 5 rings (SSSR count). The van der Waals surface area contributed by atoms with Crippen LogP contribution in [0.25, 0.3) is 21.6 Å². The maximum atomic E-state index is 12.7. The Morgan fingerprint density at radius 3 is 2.79 bits per heavy atom. The lowest BCUT2D eigenvalue weighted by atomic mass is 9.95. The number of ether oxygens (including phenoxy) is 1. The molecule has 1 saturated carbocycles. The van der Waals surface area contributed by atoms with E-state index in [4.69, 9.17) is 4.74 Å². The molecular weight excluding hydrogens is 468 g/mol. The number of hydrogen-bond donors (Lipinski definition) is 1. The first kappa shape index (κ1) is 22.8. The summed E-state index contributed by atoms with van der Waals surface area (Å²) in [4.78, 5) is 21.4. The number of nitrogens with one attached hydrogen (secondary N) is 1. The molecule has 0 saturated heterocycles. The van der Waals surface area contributed by atoms with E-state index in [1.807, 2.05) is 37.3 Å². The minimum atomic E-state index is -0.113. The lowest BCUT2D eigenvalue weighted by Crippen LogP contribution is -2.17. The summed E-state index contributed by atoms with van der Waals surface area (Å²) in [5.41, 5.74) is 1.83. The van der Waals surface area contributed by atoms with Gasteiger partial charge in [0.15, 0.2) is 16.1 Å². The normalized spacial score (nSPS) is 14.4. The average Bonchev–Trinajstić information content (AvgIpc) is 3.47. The number of thiazole rings is 1. The third-order valence-electron chi connectivity index (χ3n) is 5.79. The molecule has 0 radical (unpaired) electrons. The Labute approximate surface area is 206 Å². The van der Waals surface area contributed by atoms with Gasteiger partial charge in [-0.15, -0.1) is 10.2 Å². The highest BCUT2D eigenvalue weighted by molar-refractivity contribution is 7.99. The number of hydrogen-bond acceptors (Lipinski definition) is 8. The summed E-state index contributed by atoms with van der Waals surface area (Å²) < 4.78 is 8.76. The molecule has 176 valence electrons. The van der Waals surface area contributed by atoms with E-state index in [2.05, 4.69) is 30.0 Å². The molecule has 10 heteroatoms. The predicted octanol–water partition coefficient (Wildman–Crippen LogP) is 5.58. The van der Waals surface area contributed by atoms with E-state index in [1.54, 1.807) is 12.4 Å². The summed E-state index contributed by atoms with van der Waals surface area (Å²) in [7, 11) is 0. The number of rotatable bonds is 8. The van der Waals surface area contributed by atoms with Crippen molar-refractivity contribution in [2.75, 3.05) is 17.7 Å². The highest BCUT2D eigenvalue weighted by atomic mass is 32.2. The second-order valence-electron chi connectivity index (χ2n) is 8.12. The van der Waals surface area contributed by atoms with E-state index in [9.17, 15) is 4.79 Å². The Morgan fingerprint density at radius 1 is 1.18 bits per heavy atom. The first-order chi connectivity index (χ1) is 16.7. The first-order valence-electron chi connectivity index (χ1n) is 11.5. The number of anilines is 1. The van der Waals surface area contributed by atoms with E-state index in [0.29, 0.717) is 17.8 Å². The van der Waals surface area contributed by atoms with Gasteiger partial charge in [-0.2, -0.15) is 0 Å². The standard InChI is InChI=1S/C24H26N6O2S2/c1-2-32-18-8-9-19-20(14-18)34-23(26-19)27-21(31)15-33-24-29-28-22(16-10-12-25-13-11-16)30(24)17-6-4-3-5-7-17/h8-14,17H,2-7,15H2,1H3,(H,26,27,31). The molecular formula is C24H26N6O2S2. The van der Waals surface area contributed by atoms with Crippen LogP contribution in [0.4, 0.5) is 5.13 Å². The molecule has 0 atom stereocenters. The predicted molar refractivity (Wildman–Crippen MR) is 136 cm³/mol. The third kappa shape index (κ3) is 5.07. The molecule has 1 N–H and O–H groups in total. The molecule has 0 unspecified atom stereocenters. The minimum Gasteiger partial charge on any atom is -0.494 e. The second kappa shape index (κ2) is 10.5. The van der Waals surface area contributed by atoms with Crippen LogP contribution in [0.15, 0.2) is 47.9 Å². The van der Waals surface area contributed by atoms with Gasteiger partial charge < -0.3 is 10.1 Å². The van der Waals surface area contributed by atoms with Crippen molar-refractivity contribution in [1.82, 2.24) is 24.7 Å². The van der Waals surface area contributed by atoms with Gasteiger partial charge in [0.05, 0.1) is 22.6 Å². The van der Waals surface area contributed by atoms with Crippen LogP contribution in [0.3, 0.4) is 0 Å². The van der Waals surface area contributed by atoms with Crippen molar-refractivity contribution >= 4 is 44.4 Å². The van der Waals surface area contributed by atoms with E-state index in [1.165, 1.54) is 42.4 Å². The molecule has 1 fully saturated rings. The smallest absolute Gasteiger partial charge is 0.236 e. The van der Waals surface area contributed by atoms with Gasteiger partial charge in [-0.3, -0.25) is 14.3 Å². The zero-order valence-electron chi connectivity index (χ0n) is 18.9. The zero-order valence-corrected chi connectivity index (χ0v) is 20.6. The van der Waals surface area contributed by atoms with Gasteiger partial charge in [0.1, 0.15) is 5.75 Å². The van der Waals surface area contributed by atoms with Crippen LogP contribution in [0.2, 0.25) is 0 Å². The molecule has 1 amide bonds. The third-order valence-corrected chi connectivity index (χ3v) is 7.67. The number of benzene rings is 1. The molecule has 3 heterocycles. The quantitative estimate of drug-likeness (QED) is 0.319. The Hall–Kier alpha value is -2.98. The number of fused-ring (bicyclic) bond motifs is 1. The summed E-state index contributed by atoms with van der Waals surface area (Å²) >= 11 is 2.86. The molecule has 3 aromatic heterocycles. The van der Waals surface area contributed by atoms with Crippen molar-refractivity contribution in [2.45, 2.75) is 50.2 Å². The molecule has 0 bridgehead atoms. The van der Waals surface area contributed by atoms with Crippen LogP contribution in [0.1, 0.15) is 45.1 Å². The Bertz CT molecular complexity index is 1270. The first-order valence-corrected chi connectivity index (χ1v) is 13.3. The maximum Gasteiger partial charge on any atom is 0.236 e. The molecule has 1 aliphatic carbocycles. The van der Waals surface area contributed by atoms with Crippen LogP contribution in [0.5, 0.6) is 5.75 Å². The Balaban J connectivity index is 1.30. The summed E-state index contributed by atoms with van der Waals surface area (Å²) in [5, 5.41) is 13.2. The highest BCUT2D eigenvalue weighted by Crippen LogP contribution is 2.35. The summed E-state index contributed by atoms with van der Waals surface area (Å²) in [6.07, 6.45) is 9.41. The van der Waals surface area contributed by atoms with Gasteiger partial charge >= 0.3 is 0 Å². The SMILES string of the molecule is CCOc1ccc2nc(NC(=O)CSc3nnc(-c4ccncc4)n3C3CCCCC3)sc2c1. The van der Waals surface area contributed by atoms with Crippen LogP contribution < -0.4 is 10.1 Å². The fraction of sp³-hybridized carbons (Fsp3) is 0.375. The number of aromatic nitrogens is 5. The molecule has 1 aliphatic rings. The van der Waals surface area contributed by atoms with Crippen LogP contribution in [-0.2, 0) is 4.79 Å². The summed E-state index contributed by atoms with van der Waals surface area (Å²) in [6, 6.07) is 10.0. The number of carbonyl (C=O) groups is 1. The number of amides is 1. The van der Waals surface area contributed by atoms with Gasteiger partial charge in [0.2, 0.25) is 5.91 Å². The monoisotopic (exact) mass is 494 g/mol. The van der Waals surface area contributed by atoms with Crippen LogP contribution in [0, 0.1) is 0 Å². The molecule has 1 aromatic carbocycles. The fourth-order valence-corrected chi connectivity index (χ4v) is 5.96. The zero-order chi connectivity index (χ0) is 23.3. The minimum absolute atomic E-state index is 0.113. The van der Waals surface area contributed by atoms with E-state index >= 15 is 0 Å². The van der Waals surface area contributed by atoms with Gasteiger partial charge in [-0.1, -0.05) is 42.4 Å². The maximum absolute atomic E-state index is 12.7. The van der Waals surface area contributed by atoms with Gasteiger partial charge in [-0.25, -0.2) is 4.98 Å². The molecule has 8 nitrogen and oxygen atoms in total. The fourth-order valence-electron chi connectivity index (χ4n) is 4.24. The molecule has 0 spiro atoms. The van der Waals surface area contributed by atoms with Crippen LogP contribution >= 0.6 is 23.1 Å². The number of nitrogens with zero attached hydrogens (tertiary/aromatic N) is 5. The number of pyridine rings is 1. The van der Waals surface area contributed by atoms with Crippen molar-refractivity contribution in [2.24, 2.45) is 0 Å². The summed E-state index contributed by atoms with van der Waals surface area (Å²) in [6.45, 7) is 2.56. The molecule has 34 heavy (non-hydrogen) atoms. The van der Waals surface area contributed by atoms with Crippen LogP contribution in [-0.4, -0.2) is 43.0 Å². The van der Waals surface area contributed by atoms with Gasteiger partial charge in [0, 0.05) is 24.0 Å². The van der Waals surface area contributed by atoms with Crippen molar-refractivity contribution < 1.29 is 9.53 Å². The average molecular weight is 495 g/mol. The van der Waals surface area contributed by atoms with Gasteiger partial charge in [-0.05, 0) is 50.1 Å². The number of carbonyl (C=O) groups excluding carboxylic acids is 1. The van der Waals surface area contributed by atoms with Gasteiger partial charge in [0.25, 0.3) is 0 Å². The number of thioether (sulfide) groups is 1. The largest absolute Gasteiger partial charge is 0.494 e. The summed E-state index contributed by atoms with van der Waals surface area (Å²) in [5.74, 6) is 1.77. The lowest BCUT2D eigenvalue weighted by Gasteiger charge is -2.25.